The summed E-state index contributed by atoms with van der Waals surface area (Å²) in [4.78, 5) is 25.8. The van der Waals surface area contributed by atoms with E-state index in [4.69, 9.17) is 32.9 Å². The van der Waals surface area contributed by atoms with Gasteiger partial charge in [0.15, 0.2) is 0 Å². The van der Waals surface area contributed by atoms with E-state index in [0.29, 0.717) is 29.7 Å². The molecule has 4 heterocycles. The molecule has 0 bridgehead atoms. The second-order valence-corrected chi connectivity index (χ2v) is 13.0. The molecule has 0 radical (unpaired) electrons. The first-order chi connectivity index (χ1) is 21.2. The van der Waals surface area contributed by atoms with Gasteiger partial charge in [0.1, 0.15) is 28.8 Å². The maximum atomic E-state index is 13.9. The Bertz CT molecular complexity index is 1940. The number of para-hydroxylation sites is 1. The molecule has 13 heteroatoms. The molecule has 0 aliphatic carbocycles. The van der Waals surface area contributed by atoms with Gasteiger partial charge in [-0.3, -0.25) is 9.78 Å². The van der Waals surface area contributed by atoms with Crippen LogP contribution < -0.4 is 10.1 Å². The Labute approximate surface area is 264 Å². The Kier molecular flexibility index (Phi) is 8.55. The van der Waals surface area contributed by atoms with Crippen molar-refractivity contribution in [1.29, 1.82) is 0 Å². The van der Waals surface area contributed by atoms with Crippen molar-refractivity contribution in [3.05, 3.63) is 107 Å². The summed E-state index contributed by atoms with van der Waals surface area (Å²) in [5.74, 6) is 0.107. The highest BCUT2D eigenvalue weighted by atomic mass is 35.5. The molecule has 3 aromatic heterocycles. The summed E-state index contributed by atoms with van der Waals surface area (Å²) in [7, 11) is -4.15. The van der Waals surface area contributed by atoms with Crippen LogP contribution in [0.25, 0.3) is 16.6 Å². The Morgan fingerprint density at radius 1 is 1.11 bits per heavy atom. The number of imidazole rings is 1. The second-order valence-electron chi connectivity index (χ2n) is 10.4. The number of fused-ring (bicyclic) bond motifs is 1. The lowest BCUT2D eigenvalue weighted by Gasteiger charge is -2.24. The molecule has 2 aromatic carbocycles. The maximum absolute atomic E-state index is 13.9. The summed E-state index contributed by atoms with van der Waals surface area (Å²) in [5, 5.41) is 3.88. The monoisotopic (exact) mass is 650 g/mol. The molecule has 0 saturated carbocycles. The summed E-state index contributed by atoms with van der Waals surface area (Å²) in [6.07, 6.45) is 9.49. The third kappa shape index (κ3) is 5.88. The van der Waals surface area contributed by atoms with Crippen LogP contribution >= 0.6 is 23.2 Å². The Hall–Kier alpha value is -4.03. The minimum Gasteiger partial charge on any atom is -0.487 e. The van der Waals surface area contributed by atoms with Crippen molar-refractivity contribution < 1.29 is 17.9 Å². The predicted molar refractivity (Wildman–Crippen MR) is 167 cm³/mol. The van der Waals surface area contributed by atoms with E-state index in [1.807, 2.05) is 42.0 Å². The Morgan fingerprint density at radius 3 is 2.75 bits per heavy atom. The van der Waals surface area contributed by atoms with Gasteiger partial charge in [0.05, 0.1) is 17.0 Å². The highest BCUT2D eigenvalue weighted by molar-refractivity contribution is 7.89. The van der Waals surface area contributed by atoms with E-state index in [0.717, 1.165) is 22.3 Å². The van der Waals surface area contributed by atoms with Crippen LogP contribution in [0.1, 0.15) is 29.7 Å². The van der Waals surface area contributed by atoms with E-state index in [-0.39, 0.29) is 40.5 Å². The number of rotatable bonds is 9. The summed E-state index contributed by atoms with van der Waals surface area (Å²) < 4.78 is 37.1. The molecule has 5 aromatic rings. The molecule has 1 aliphatic rings. The van der Waals surface area contributed by atoms with Gasteiger partial charge in [0.25, 0.3) is 0 Å². The van der Waals surface area contributed by atoms with Crippen LogP contribution in [0, 0.1) is 6.92 Å². The molecule has 0 unspecified atom stereocenters. The summed E-state index contributed by atoms with van der Waals surface area (Å²) in [5.41, 5.74) is 3.43. The van der Waals surface area contributed by atoms with Gasteiger partial charge in [-0.2, -0.15) is 4.31 Å². The summed E-state index contributed by atoms with van der Waals surface area (Å²) in [6.45, 7) is 2.22. The zero-order chi connectivity index (χ0) is 30.8. The number of carbonyl (C=O) groups excluding carboxylic acids is 1. The number of carbonyl (C=O) groups is 1. The zero-order valence-electron chi connectivity index (χ0n) is 23.7. The molecule has 44 heavy (non-hydrogen) atoms. The second kappa shape index (κ2) is 12.5. The Morgan fingerprint density at radius 2 is 1.98 bits per heavy atom. The van der Waals surface area contributed by atoms with Crippen LogP contribution in [0.3, 0.4) is 0 Å². The van der Waals surface area contributed by atoms with Gasteiger partial charge in [-0.1, -0.05) is 41.4 Å². The molecule has 1 fully saturated rings. The number of pyridine rings is 2. The van der Waals surface area contributed by atoms with Crippen molar-refractivity contribution in [1.82, 2.24) is 29.1 Å². The highest BCUT2D eigenvalue weighted by Gasteiger charge is 2.40. The van der Waals surface area contributed by atoms with E-state index in [1.165, 1.54) is 16.4 Å². The van der Waals surface area contributed by atoms with Gasteiger partial charge in [-0.15, -0.1) is 0 Å². The van der Waals surface area contributed by atoms with Gasteiger partial charge >= 0.3 is 0 Å². The molecule has 226 valence electrons. The molecule has 0 spiro atoms. The molecule has 1 amide bonds. The quantitative estimate of drug-likeness (QED) is 0.224. The Balaban J connectivity index is 1.25. The van der Waals surface area contributed by atoms with E-state index in [1.54, 1.807) is 37.1 Å². The fraction of sp³-hybridized carbons (Fsp3) is 0.226. The topological polar surface area (TPSA) is 119 Å². The lowest BCUT2D eigenvalue weighted by atomic mass is 10.1. The van der Waals surface area contributed by atoms with Crippen LogP contribution in [0.15, 0.2) is 84.5 Å². The summed E-state index contributed by atoms with van der Waals surface area (Å²) >= 11 is 13.3. The number of aromatic nitrogens is 4. The van der Waals surface area contributed by atoms with Gasteiger partial charge < -0.3 is 14.6 Å². The van der Waals surface area contributed by atoms with Crippen molar-refractivity contribution in [3.8, 4) is 11.4 Å². The van der Waals surface area contributed by atoms with Crippen LogP contribution in [-0.2, 0) is 28.0 Å². The molecule has 1 saturated heterocycles. The fourth-order valence-electron chi connectivity index (χ4n) is 5.34. The largest absolute Gasteiger partial charge is 0.487 e. The van der Waals surface area contributed by atoms with Crippen LogP contribution in [-0.4, -0.2) is 50.7 Å². The number of hydrogen-bond acceptors (Lipinski definition) is 7. The van der Waals surface area contributed by atoms with E-state index >= 15 is 0 Å². The number of hydrogen-bond donors (Lipinski definition) is 1. The number of halogens is 2. The third-order valence-electron chi connectivity index (χ3n) is 7.50. The van der Waals surface area contributed by atoms with Gasteiger partial charge in [0, 0.05) is 59.5 Å². The molecular weight excluding hydrogens is 623 g/mol. The first-order valence-corrected chi connectivity index (χ1v) is 16.1. The van der Waals surface area contributed by atoms with Crippen LogP contribution in [0.4, 0.5) is 0 Å². The lowest BCUT2D eigenvalue weighted by Crippen LogP contribution is -2.45. The van der Waals surface area contributed by atoms with Crippen molar-refractivity contribution in [2.75, 3.05) is 6.54 Å². The van der Waals surface area contributed by atoms with E-state index in [9.17, 15) is 13.2 Å². The van der Waals surface area contributed by atoms with Gasteiger partial charge in [-0.05, 0) is 55.7 Å². The zero-order valence-corrected chi connectivity index (χ0v) is 26.0. The fourth-order valence-corrected chi connectivity index (χ4v) is 7.86. The molecule has 1 atom stereocenters. The van der Waals surface area contributed by atoms with Crippen LogP contribution in [0.5, 0.6) is 5.75 Å². The maximum Gasteiger partial charge on any atom is 0.245 e. The first-order valence-electron chi connectivity index (χ1n) is 13.9. The molecule has 6 rings (SSSR count). The SMILES string of the molecule is Cc1cc(-n2ccnc2)c2cccc(OCc3c(Cl)ccc(S(=O)(=O)N4CCC[C@H]4C(=O)NCc4cccnc4)c3Cl)c2n1. The minimum atomic E-state index is -4.15. The number of sulfonamides is 1. The standard InChI is InChI=1S/C31H28Cl2N6O4S/c1-20-15-26(38-14-12-35-19-38)22-6-2-8-27(30(22)37-20)43-18-23-24(32)9-10-28(29(23)33)44(41,42)39-13-4-7-25(39)31(40)36-17-21-5-3-11-34-16-21/h2-3,5-6,8-12,14-16,19,25H,4,7,13,17-18H2,1H3,(H,36,40)/t25-/m0/s1. The van der Waals surface area contributed by atoms with E-state index < -0.39 is 16.1 Å². The molecule has 10 nitrogen and oxygen atoms in total. The third-order valence-corrected chi connectivity index (χ3v) is 10.3. The van der Waals surface area contributed by atoms with Crippen molar-refractivity contribution in [2.45, 2.75) is 43.9 Å². The van der Waals surface area contributed by atoms with Crippen molar-refractivity contribution in [2.24, 2.45) is 0 Å². The molecule has 1 aliphatic heterocycles. The normalized spacial score (nSPS) is 15.5. The van der Waals surface area contributed by atoms with Crippen molar-refractivity contribution in [3.63, 3.8) is 0 Å². The smallest absolute Gasteiger partial charge is 0.245 e. The van der Waals surface area contributed by atoms with Crippen LogP contribution in [0.2, 0.25) is 10.0 Å². The van der Waals surface area contributed by atoms with Gasteiger partial charge in [0.2, 0.25) is 15.9 Å². The number of nitrogens with zero attached hydrogens (tertiary/aromatic N) is 5. The first kappa shape index (κ1) is 30.0. The predicted octanol–water partition coefficient (Wildman–Crippen LogP) is 5.48. The number of benzene rings is 2. The average molecular weight is 652 g/mol. The number of nitrogens with one attached hydrogen (secondary N) is 1. The number of amides is 1. The minimum absolute atomic E-state index is 0.0533. The average Bonchev–Trinajstić information content (AvgIpc) is 3.74. The molecular formula is C31H28Cl2N6O4S. The lowest BCUT2D eigenvalue weighted by molar-refractivity contribution is -0.124. The molecule has 1 N–H and O–H groups in total. The van der Waals surface area contributed by atoms with E-state index in [2.05, 4.69) is 15.3 Å². The van der Waals surface area contributed by atoms with Gasteiger partial charge in [-0.25, -0.2) is 18.4 Å². The number of ether oxygens (including phenoxy) is 1. The highest BCUT2D eigenvalue weighted by Crippen LogP contribution is 2.37. The van der Waals surface area contributed by atoms with Crippen molar-refractivity contribution >= 4 is 50.0 Å². The summed E-state index contributed by atoms with van der Waals surface area (Å²) in [6, 6.07) is 13.1. The number of aryl methyl sites for hydroxylation is 1.